The van der Waals surface area contributed by atoms with E-state index in [1.54, 1.807) is 18.2 Å². The van der Waals surface area contributed by atoms with Crippen molar-refractivity contribution in [2.24, 2.45) is 0 Å². The highest BCUT2D eigenvalue weighted by Crippen LogP contribution is 2.22. The van der Waals surface area contributed by atoms with E-state index >= 15 is 0 Å². The van der Waals surface area contributed by atoms with Gasteiger partial charge in [-0.15, -0.1) is 0 Å². The van der Waals surface area contributed by atoms with Crippen LogP contribution in [0.5, 0.6) is 0 Å². The van der Waals surface area contributed by atoms with Crippen LogP contribution in [-0.2, 0) is 14.8 Å². The molecule has 6 nitrogen and oxygen atoms in total. The molecule has 3 rings (SSSR count). The Morgan fingerprint density at radius 1 is 1.00 bits per heavy atom. The van der Waals surface area contributed by atoms with Gasteiger partial charge in [0.15, 0.2) is 0 Å². The number of para-hydroxylation sites is 1. The number of anilines is 1. The largest absolute Gasteiger partial charge is 0.446 e. The van der Waals surface area contributed by atoms with Gasteiger partial charge in [-0.25, -0.2) is 17.9 Å². The number of carbonyl (C=O) groups is 1. The molecule has 1 fully saturated rings. The zero-order valence-electron chi connectivity index (χ0n) is 15.5. The van der Waals surface area contributed by atoms with E-state index in [9.17, 15) is 13.2 Å². The van der Waals surface area contributed by atoms with Crippen LogP contribution in [-0.4, -0.2) is 26.7 Å². The summed E-state index contributed by atoms with van der Waals surface area (Å²) in [4.78, 5) is 12.0. The number of amides is 1. The van der Waals surface area contributed by atoms with E-state index in [0.717, 1.165) is 24.8 Å². The molecule has 1 aliphatic carbocycles. The highest BCUT2D eigenvalue weighted by Gasteiger charge is 2.27. The minimum Gasteiger partial charge on any atom is -0.446 e. The van der Waals surface area contributed by atoms with E-state index in [0.29, 0.717) is 12.1 Å². The first-order chi connectivity index (χ1) is 13.5. The molecular weight excluding hydrogens is 376 g/mol. The van der Waals surface area contributed by atoms with Gasteiger partial charge in [-0.1, -0.05) is 48.5 Å². The molecule has 2 N–H and O–H groups in total. The summed E-state index contributed by atoms with van der Waals surface area (Å²) >= 11 is 0. The Morgan fingerprint density at radius 2 is 1.68 bits per heavy atom. The van der Waals surface area contributed by atoms with Crippen LogP contribution < -0.4 is 10.0 Å². The fourth-order valence-corrected chi connectivity index (χ4v) is 4.28. The summed E-state index contributed by atoms with van der Waals surface area (Å²) in [6, 6.07) is 18.1. The van der Waals surface area contributed by atoms with E-state index < -0.39 is 16.1 Å². The van der Waals surface area contributed by atoms with Crippen LogP contribution in [0.15, 0.2) is 66.1 Å². The van der Waals surface area contributed by atoms with Gasteiger partial charge in [0.2, 0.25) is 10.0 Å². The van der Waals surface area contributed by atoms with Crippen molar-refractivity contribution < 1.29 is 17.9 Å². The molecule has 28 heavy (non-hydrogen) atoms. The molecule has 0 radical (unpaired) electrons. The second-order valence-electron chi connectivity index (χ2n) is 6.76. The van der Waals surface area contributed by atoms with Crippen LogP contribution in [0.1, 0.15) is 31.2 Å². The van der Waals surface area contributed by atoms with E-state index in [-0.39, 0.29) is 12.1 Å². The van der Waals surface area contributed by atoms with Crippen molar-refractivity contribution in [3.63, 3.8) is 0 Å². The van der Waals surface area contributed by atoms with Crippen LogP contribution in [0.25, 0.3) is 6.08 Å². The molecule has 2 aromatic rings. The highest BCUT2D eigenvalue weighted by atomic mass is 32.2. The number of nitrogens with one attached hydrogen (secondary N) is 2. The van der Waals surface area contributed by atoms with Gasteiger partial charge in [0.1, 0.15) is 6.10 Å². The molecule has 7 heteroatoms. The third-order valence-corrected chi connectivity index (χ3v) is 5.65. The molecule has 1 amide bonds. The molecule has 2 unspecified atom stereocenters. The maximum atomic E-state index is 12.3. The Labute approximate surface area is 165 Å². The van der Waals surface area contributed by atoms with Crippen molar-refractivity contribution in [2.75, 3.05) is 5.32 Å². The van der Waals surface area contributed by atoms with Crippen molar-refractivity contribution >= 4 is 27.9 Å². The van der Waals surface area contributed by atoms with Crippen LogP contribution >= 0.6 is 0 Å². The van der Waals surface area contributed by atoms with Gasteiger partial charge < -0.3 is 4.74 Å². The Kier molecular flexibility index (Phi) is 6.84. The minimum atomic E-state index is -3.57. The van der Waals surface area contributed by atoms with Gasteiger partial charge in [-0.3, -0.25) is 5.32 Å². The third kappa shape index (κ3) is 6.51. The molecule has 0 aromatic heterocycles. The molecule has 2 aromatic carbocycles. The first-order valence-corrected chi connectivity index (χ1v) is 10.8. The first kappa shape index (κ1) is 20.1. The maximum absolute atomic E-state index is 12.3. The summed E-state index contributed by atoms with van der Waals surface area (Å²) in [5, 5.41) is 3.86. The summed E-state index contributed by atoms with van der Waals surface area (Å²) in [6.07, 6.45) is 3.41. The van der Waals surface area contributed by atoms with Crippen molar-refractivity contribution in [1.82, 2.24) is 4.72 Å². The molecule has 0 aliphatic heterocycles. The Bertz CT molecular complexity index is 899. The predicted molar refractivity (Wildman–Crippen MR) is 110 cm³/mol. The normalized spacial score (nSPS) is 20.0. The third-order valence-electron chi connectivity index (χ3n) is 4.49. The van der Waals surface area contributed by atoms with Crippen molar-refractivity contribution in [2.45, 2.75) is 37.8 Å². The zero-order chi connectivity index (χ0) is 19.8. The Morgan fingerprint density at radius 3 is 2.39 bits per heavy atom. The van der Waals surface area contributed by atoms with Crippen LogP contribution in [0, 0.1) is 0 Å². The average Bonchev–Trinajstić information content (AvgIpc) is 2.68. The molecule has 0 saturated heterocycles. The lowest BCUT2D eigenvalue weighted by molar-refractivity contribution is 0.0793. The molecule has 0 heterocycles. The smallest absolute Gasteiger partial charge is 0.411 e. The maximum Gasteiger partial charge on any atom is 0.411 e. The molecule has 1 saturated carbocycles. The van der Waals surface area contributed by atoms with Crippen molar-refractivity contribution in [3.05, 3.63) is 71.6 Å². The van der Waals surface area contributed by atoms with Gasteiger partial charge in [0.25, 0.3) is 0 Å². The van der Waals surface area contributed by atoms with Crippen molar-refractivity contribution in [3.8, 4) is 0 Å². The van der Waals surface area contributed by atoms with E-state index in [1.807, 2.05) is 48.5 Å². The predicted octanol–water partition coefficient (Wildman–Crippen LogP) is 4.14. The molecule has 0 spiro atoms. The van der Waals surface area contributed by atoms with Gasteiger partial charge in [0.05, 0.1) is 0 Å². The molecule has 0 bridgehead atoms. The van der Waals surface area contributed by atoms with Gasteiger partial charge in [-0.05, 0) is 43.0 Å². The standard InChI is InChI=1S/C21H24N2O4S/c24-21(22-18-10-5-2-6-11-18)27-20-13-7-12-19(16-20)23-28(25,26)15-14-17-8-3-1-4-9-17/h1-6,8-11,14-15,19-20,23H,7,12-13,16H2,(H,22,24). The van der Waals surface area contributed by atoms with Gasteiger partial charge >= 0.3 is 6.09 Å². The van der Waals surface area contributed by atoms with Gasteiger partial charge in [0, 0.05) is 23.6 Å². The quantitative estimate of drug-likeness (QED) is 0.763. The molecule has 2 atom stereocenters. The number of hydrogen-bond acceptors (Lipinski definition) is 4. The van der Waals surface area contributed by atoms with Gasteiger partial charge in [-0.2, -0.15) is 0 Å². The number of rotatable bonds is 6. The van der Waals surface area contributed by atoms with Crippen LogP contribution in [0.3, 0.4) is 0 Å². The van der Waals surface area contributed by atoms with Crippen LogP contribution in [0.2, 0.25) is 0 Å². The zero-order valence-corrected chi connectivity index (χ0v) is 16.3. The van der Waals surface area contributed by atoms with E-state index in [1.165, 1.54) is 5.41 Å². The molecular formula is C21H24N2O4S. The SMILES string of the molecule is O=C(Nc1ccccc1)OC1CCCC(NS(=O)(=O)C=Cc2ccccc2)C1. The van der Waals surface area contributed by atoms with Crippen molar-refractivity contribution in [1.29, 1.82) is 0 Å². The summed E-state index contributed by atoms with van der Waals surface area (Å²) in [6.45, 7) is 0. The topological polar surface area (TPSA) is 84.5 Å². The molecule has 1 aliphatic rings. The lowest BCUT2D eigenvalue weighted by atomic mass is 9.94. The number of ether oxygens (including phenoxy) is 1. The summed E-state index contributed by atoms with van der Waals surface area (Å²) in [5.41, 5.74) is 1.47. The fraction of sp³-hybridized carbons (Fsp3) is 0.286. The first-order valence-electron chi connectivity index (χ1n) is 9.28. The number of carbonyl (C=O) groups excluding carboxylic acids is 1. The molecule has 148 valence electrons. The van der Waals surface area contributed by atoms with E-state index in [2.05, 4.69) is 10.0 Å². The number of benzene rings is 2. The highest BCUT2D eigenvalue weighted by molar-refractivity contribution is 7.92. The fourth-order valence-electron chi connectivity index (χ4n) is 3.18. The summed E-state index contributed by atoms with van der Waals surface area (Å²) in [7, 11) is -3.57. The van der Waals surface area contributed by atoms with Crippen LogP contribution in [0.4, 0.5) is 10.5 Å². The number of hydrogen-bond donors (Lipinski definition) is 2. The Hall–Kier alpha value is -2.64. The summed E-state index contributed by atoms with van der Waals surface area (Å²) < 4.78 is 32.8. The second-order valence-corrected chi connectivity index (χ2v) is 8.36. The monoisotopic (exact) mass is 400 g/mol. The Balaban J connectivity index is 1.51. The lowest BCUT2D eigenvalue weighted by Crippen LogP contribution is -2.40. The minimum absolute atomic E-state index is 0.256. The second kappa shape index (κ2) is 9.52. The van der Waals surface area contributed by atoms with E-state index in [4.69, 9.17) is 4.74 Å². The lowest BCUT2D eigenvalue weighted by Gasteiger charge is -2.29. The average molecular weight is 401 g/mol. The summed E-state index contributed by atoms with van der Waals surface area (Å²) in [5.74, 6) is 0. The number of sulfonamides is 1.